The first-order chi connectivity index (χ1) is 13.2. The Morgan fingerprint density at radius 3 is 2.78 bits per heavy atom. The molecule has 0 amide bonds. The number of nitrogens with one attached hydrogen (secondary N) is 1. The highest BCUT2D eigenvalue weighted by Gasteiger charge is 2.17. The third-order valence-corrected chi connectivity index (χ3v) is 5.78. The van der Waals surface area contributed by atoms with Crippen molar-refractivity contribution < 1.29 is 10.2 Å². The first kappa shape index (κ1) is 18.6. The van der Waals surface area contributed by atoms with Gasteiger partial charge in [-0.15, -0.1) is 0 Å². The minimum Gasteiger partial charge on any atom is -0.330 e. The molecule has 2 aromatic heterocycles. The highest BCUT2D eigenvalue weighted by molar-refractivity contribution is 6.35. The van der Waals surface area contributed by atoms with Crippen LogP contribution in [0.25, 0.3) is 11.0 Å². The number of aromatic nitrogens is 4. The molecule has 0 spiro atoms. The fourth-order valence-corrected chi connectivity index (χ4v) is 4.18. The Kier molecular flexibility index (Phi) is 5.88. The van der Waals surface area contributed by atoms with Gasteiger partial charge in [-0.25, -0.2) is 9.67 Å². The molecule has 1 aliphatic rings. The van der Waals surface area contributed by atoms with E-state index in [-0.39, 0.29) is 0 Å². The molecule has 6 nitrogen and oxygen atoms in total. The maximum atomic E-state index is 6.30. The maximum absolute atomic E-state index is 6.30. The Bertz CT molecular complexity index is 920. The number of quaternary nitrogens is 2. The number of fused-ring (bicyclic) bond motifs is 1. The van der Waals surface area contributed by atoms with E-state index in [1.807, 2.05) is 23.0 Å². The van der Waals surface area contributed by atoms with Crippen LogP contribution in [0.1, 0.15) is 24.8 Å². The Labute approximate surface area is 168 Å². The average Bonchev–Trinajstić information content (AvgIpc) is 3.09. The first-order valence-corrected chi connectivity index (χ1v) is 10.2. The fourth-order valence-electron chi connectivity index (χ4n) is 3.72. The van der Waals surface area contributed by atoms with Crippen molar-refractivity contribution in [1.82, 2.24) is 19.7 Å². The van der Waals surface area contributed by atoms with E-state index < -0.39 is 0 Å². The van der Waals surface area contributed by atoms with Gasteiger partial charge in [0.2, 0.25) is 5.82 Å². The molecule has 4 rings (SSSR count). The Morgan fingerprint density at radius 2 is 1.96 bits per heavy atom. The molecule has 1 aromatic carbocycles. The van der Waals surface area contributed by atoms with Crippen molar-refractivity contribution in [3.63, 3.8) is 0 Å². The number of halogens is 2. The molecule has 1 aliphatic heterocycles. The number of hydrogen-bond donors (Lipinski definition) is 2. The summed E-state index contributed by atoms with van der Waals surface area (Å²) in [6, 6.07) is 5.51. The number of likely N-dealkylation sites (tertiary alicyclic amines) is 1. The zero-order valence-electron chi connectivity index (χ0n) is 15.2. The molecular formula is C19H24Cl2N6+2. The Balaban J connectivity index is 1.47. The molecule has 142 valence electrons. The largest absolute Gasteiger partial charge is 0.330 e. The van der Waals surface area contributed by atoms with E-state index in [0.717, 1.165) is 29.0 Å². The zero-order chi connectivity index (χ0) is 18.6. The van der Waals surface area contributed by atoms with Crippen LogP contribution in [0, 0.1) is 0 Å². The van der Waals surface area contributed by atoms with Crippen LogP contribution in [0.2, 0.25) is 10.0 Å². The number of piperidine rings is 1. The summed E-state index contributed by atoms with van der Waals surface area (Å²) in [5, 5.41) is 8.97. The summed E-state index contributed by atoms with van der Waals surface area (Å²) in [6.45, 7) is 5.34. The number of nitrogens with two attached hydrogens (primary N) is 1. The second kappa shape index (κ2) is 8.52. The van der Waals surface area contributed by atoms with Crippen molar-refractivity contribution in [1.29, 1.82) is 0 Å². The Morgan fingerprint density at radius 1 is 1.11 bits per heavy atom. The van der Waals surface area contributed by atoms with Crippen molar-refractivity contribution in [3.8, 4) is 0 Å². The highest BCUT2D eigenvalue weighted by Crippen LogP contribution is 2.23. The second-order valence-corrected chi connectivity index (χ2v) is 7.93. The predicted octanol–water partition coefficient (Wildman–Crippen LogP) is 1.45. The van der Waals surface area contributed by atoms with Crippen molar-refractivity contribution in [3.05, 3.63) is 46.3 Å². The summed E-state index contributed by atoms with van der Waals surface area (Å²) < 4.78 is 1.86. The number of rotatable bonds is 6. The van der Waals surface area contributed by atoms with Crippen LogP contribution in [-0.2, 0) is 6.54 Å². The molecule has 0 saturated carbocycles. The van der Waals surface area contributed by atoms with E-state index >= 15 is 0 Å². The molecule has 27 heavy (non-hydrogen) atoms. The van der Waals surface area contributed by atoms with E-state index in [4.69, 9.17) is 23.2 Å². The molecule has 1 saturated heterocycles. The van der Waals surface area contributed by atoms with Crippen LogP contribution in [0.4, 0.5) is 5.82 Å². The van der Waals surface area contributed by atoms with Crippen LogP contribution in [0.5, 0.6) is 0 Å². The molecule has 8 heteroatoms. The van der Waals surface area contributed by atoms with Gasteiger partial charge in [0.15, 0.2) is 5.65 Å². The molecule has 0 unspecified atom stereocenters. The maximum Gasteiger partial charge on any atom is 0.238 e. The zero-order valence-corrected chi connectivity index (χ0v) is 16.7. The molecular weight excluding hydrogens is 383 g/mol. The summed E-state index contributed by atoms with van der Waals surface area (Å²) in [4.78, 5) is 10.6. The summed E-state index contributed by atoms with van der Waals surface area (Å²) in [7, 11) is 0. The lowest BCUT2D eigenvalue weighted by atomic mass is 10.1. The van der Waals surface area contributed by atoms with E-state index in [0.29, 0.717) is 16.6 Å². The van der Waals surface area contributed by atoms with Gasteiger partial charge < -0.3 is 4.90 Å². The van der Waals surface area contributed by atoms with E-state index in [1.165, 1.54) is 38.9 Å². The van der Waals surface area contributed by atoms with Crippen molar-refractivity contribution in [2.24, 2.45) is 0 Å². The molecule has 3 N–H and O–H groups in total. The number of nitrogens with zero attached hydrogens (tertiary/aromatic N) is 4. The van der Waals surface area contributed by atoms with E-state index in [9.17, 15) is 0 Å². The van der Waals surface area contributed by atoms with Gasteiger partial charge in [-0.05, 0) is 37.0 Å². The van der Waals surface area contributed by atoms with Crippen LogP contribution in [0.15, 0.2) is 30.7 Å². The minimum absolute atomic E-state index is 0.549. The summed E-state index contributed by atoms with van der Waals surface area (Å²) >= 11 is 12.3. The number of benzene rings is 1. The molecule has 0 aliphatic carbocycles. The van der Waals surface area contributed by atoms with Crippen LogP contribution in [-0.4, -0.2) is 45.9 Å². The molecule has 1 fully saturated rings. The molecule has 3 heterocycles. The quantitative estimate of drug-likeness (QED) is 0.650. The molecule has 0 radical (unpaired) electrons. The lowest BCUT2D eigenvalue weighted by Gasteiger charge is -2.22. The summed E-state index contributed by atoms with van der Waals surface area (Å²) in [5.74, 6) is 0.963. The number of hydrogen-bond acceptors (Lipinski definition) is 3. The third-order valence-electron chi connectivity index (χ3n) is 5.20. The SMILES string of the molecule is Clc1ccc(Cn2ncc3c([NH2+]CC[NH+]4CCCCC4)ncnc32)c(Cl)c1. The Hall–Kier alpha value is -1.73. The van der Waals surface area contributed by atoms with E-state index in [1.54, 1.807) is 17.3 Å². The van der Waals surface area contributed by atoms with Gasteiger partial charge in [-0.1, -0.05) is 29.3 Å². The van der Waals surface area contributed by atoms with Crippen molar-refractivity contribution in [2.45, 2.75) is 25.8 Å². The monoisotopic (exact) mass is 406 g/mol. The van der Waals surface area contributed by atoms with Crippen LogP contribution < -0.4 is 10.2 Å². The standard InChI is InChI=1S/C19H22Cl2N6/c20-15-5-4-14(17(21)10-15)12-27-19-16(11-25-27)18(23-13-24-19)22-6-9-26-7-2-1-3-8-26/h4-5,10-11,13H,1-3,6-9,12H2,(H,22,23,24)/p+2. The molecule has 3 aromatic rings. The van der Waals surface area contributed by atoms with Gasteiger partial charge in [-0.3, -0.25) is 5.32 Å². The topological polar surface area (TPSA) is 64.7 Å². The van der Waals surface area contributed by atoms with Crippen LogP contribution >= 0.6 is 23.2 Å². The van der Waals surface area contributed by atoms with Gasteiger partial charge in [0, 0.05) is 10.0 Å². The third kappa shape index (κ3) is 4.41. The molecule has 0 bridgehead atoms. The van der Waals surface area contributed by atoms with Crippen molar-refractivity contribution in [2.75, 3.05) is 26.2 Å². The second-order valence-electron chi connectivity index (χ2n) is 7.09. The average molecular weight is 407 g/mol. The summed E-state index contributed by atoms with van der Waals surface area (Å²) in [6.07, 6.45) is 7.55. The van der Waals surface area contributed by atoms with Gasteiger partial charge in [-0.2, -0.15) is 10.1 Å². The normalized spacial score (nSPS) is 15.5. The van der Waals surface area contributed by atoms with Gasteiger partial charge in [0.1, 0.15) is 24.8 Å². The predicted molar refractivity (Wildman–Crippen MR) is 107 cm³/mol. The lowest BCUT2D eigenvalue weighted by molar-refractivity contribution is -0.914. The highest BCUT2D eigenvalue weighted by atomic mass is 35.5. The van der Waals surface area contributed by atoms with Crippen molar-refractivity contribution >= 4 is 40.1 Å². The van der Waals surface area contributed by atoms with Gasteiger partial charge in [0.25, 0.3) is 0 Å². The summed E-state index contributed by atoms with van der Waals surface area (Å²) in [5.41, 5.74) is 1.79. The van der Waals surface area contributed by atoms with Gasteiger partial charge in [0.05, 0.1) is 25.8 Å². The fraction of sp³-hybridized carbons (Fsp3) is 0.421. The van der Waals surface area contributed by atoms with E-state index in [2.05, 4.69) is 20.4 Å². The smallest absolute Gasteiger partial charge is 0.238 e. The molecule has 0 atom stereocenters. The minimum atomic E-state index is 0.549. The first-order valence-electron chi connectivity index (χ1n) is 9.48. The lowest BCUT2D eigenvalue weighted by Crippen LogP contribution is -3.15. The van der Waals surface area contributed by atoms with Crippen LogP contribution in [0.3, 0.4) is 0 Å². The van der Waals surface area contributed by atoms with Gasteiger partial charge >= 0.3 is 0 Å².